The SMILES string of the molecule is CC1(C)CCc2c(cc(OCC(=O)N3CCCC3)c3c4c(c(=O)oc23)CCCC4)O1. The van der Waals surface area contributed by atoms with E-state index in [2.05, 4.69) is 13.8 Å². The molecule has 0 unspecified atom stereocenters. The van der Waals surface area contributed by atoms with Crippen LogP contribution in [-0.2, 0) is 24.1 Å². The first-order valence-corrected chi connectivity index (χ1v) is 11.2. The van der Waals surface area contributed by atoms with Crippen molar-refractivity contribution >= 4 is 16.9 Å². The molecule has 0 bridgehead atoms. The number of carbonyl (C=O) groups is 1. The molecule has 1 fully saturated rings. The van der Waals surface area contributed by atoms with E-state index >= 15 is 0 Å². The summed E-state index contributed by atoms with van der Waals surface area (Å²) in [4.78, 5) is 27.2. The zero-order valence-corrected chi connectivity index (χ0v) is 17.8. The molecule has 2 aliphatic heterocycles. The second-order valence-electron chi connectivity index (χ2n) is 9.35. The molecule has 3 heterocycles. The zero-order chi connectivity index (χ0) is 20.9. The van der Waals surface area contributed by atoms with E-state index in [0.717, 1.165) is 86.5 Å². The molecule has 6 nitrogen and oxygen atoms in total. The van der Waals surface area contributed by atoms with Gasteiger partial charge in [0.05, 0.1) is 5.39 Å². The quantitative estimate of drug-likeness (QED) is 0.719. The zero-order valence-electron chi connectivity index (χ0n) is 17.8. The first-order chi connectivity index (χ1) is 14.4. The van der Waals surface area contributed by atoms with E-state index in [1.807, 2.05) is 11.0 Å². The maximum atomic E-state index is 12.7. The number of carbonyl (C=O) groups excluding carboxylic acids is 1. The Bertz CT molecular complexity index is 1060. The monoisotopic (exact) mass is 411 g/mol. The molecule has 1 aromatic heterocycles. The number of nitrogens with zero attached hydrogens (tertiary/aromatic N) is 1. The molecule has 3 aliphatic rings. The third-order valence-electron chi connectivity index (χ3n) is 6.69. The van der Waals surface area contributed by atoms with E-state index in [0.29, 0.717) is 17.1 Å². The van der Waals surface area contributed by atoms with Gasteiger partial charge in [-0.3, -0.25) is 4.79 Å². The standard InChI is InChI=1S/C24H29NO5/c1-24(2)10-9-17-18(30-24)13-19(28-14-20(26)25-11-5-6-12-25)21-15-7-3-4-8-16(15)23(27)29-22(17)21/h13H,3-12,14H2,1-2H3. The molecule has 1 saturated heterocycles. The van der Waals surface area contributed by atoms with Gasteiger partial charge in [0.1, 0.15) is 22.7 Å². The maximum absolute atomic E-state index is 12.7. The molecule has 0 N–H and O–H groups in total. The van der Waals surface area contributed by atoms with E-state index in [-0.39, 0.29) is 23.7 Å². The highest BCUT2D eigenvalue weighted by Crippen LogP contribution is 2.44. The average Bonchev–Trinajstić information content (AvgIpc) is 3.26. The van der Waals surface area contributed by atoms with Gasteiger partial charge < -0.3 is 18.8 Å². The Morgan fingerprint density at radius 3 is 2.57 bits per heavy atom. The number of fused-ring (bicyclic) bond motifs is 5. The van der Waals surface area contributed by atoms with Gasteiger partial charge in [-0.2, -0.15) is 0 Å². The number of likely N-dealkylation sites (tertiary alicyclic amines) is 1. The average molecular weight is 411 g/mol. The summed E-state index contributed by atoms with van der Waals surface area (Å²) >= 11 is 0. The van der Waals surface area contributed by atoms with Crippen LogP contribution in [0.5, 0.6) is 11.5 Å². The summed E-state index contributed by atoms with van der Waals surface area (Å²) in [7, 11) is 0. The molecule has 6 heteroatoms. The van der Waals surface area contributed by atoms with Crippen LogP contribution < -0.4 is 15.1 Å². The number of ether oxygens (including phenoxy) is 2. The molecule has 0 spiro atoms. The van der Waals surface area contributed by atoms with Crippen molar-refractivity contribution in [2.75, 3.05) is 19.7 Å². The fourth-order valence-corrected chi connectivity index (χ4v) is 5.03. The van der Waals surface area contributed by atoms with Gasteiger partial charge in [-0.1, -0.05) is 0 Å². The maximum Gasteiger partial charge on any atom is 0.339 e. The molecular weight excluding hydrogens is 382 g/mol. The molecule has 160 valence electrons. The van der Waals surface area contributed by atoms with Crippen LogP contribution in [0.3, 0.4) is 0 Å². The first kappa shape index (κ1) is 19.5. The predicted molar refractivity (Wildman–Crippen MR) is 113 cm³/mol. The summed E-state index contributed by atoms with van der Waals surface area (Å²) in [5.41, 5.74) is 2.78. The van der Waals surface area contributed by atoms with Crippen LogP contribution >= 0.6 is 0 Å². The van der Waals surface area contributed by atoms with Crippen LogP contribution in [0.1, 0.15) is 62.6 Å². The Labute approximate surface area is 176 Å². The van der Waals surface area contributed by atoms with Crippen molar-refractivity contribution in [2.45, 2.75) is 70.8 Å². The fraction of sp³-hybridized carbons (Fsp3) is 0.583. The van der Waals surface area contributed by atoms with Crippen LogP contribution in [0, 0.1) is 0 Å². The minimum absolute atomic E-state index is 0.00544. The molecule has 1 aromatic carbocycles. The number of rotatable bonds is 3. The Kier molecular flexibility index (Phi) is 4.75. The summed E-state index contributed by atoms with van der Waals surface area (Å²) in [6.45, 7) is 5.70. The van der Waals surface area contributed by atoms with Gasteiger partial charge in [-0.25, -0.2) is 4.79 Å². The van der Waals surface area contributed by atoms with E-state index in [1.165, 1.54) is 0 Å². The van der Waals surface area contributed by atoms with Gasteiger partial charge in [-0.15, -0.1) is 0 Å². The van der Waals surface area contributed by atoms with Crippen molar-refractivity contribution in [1.82, 2.24) is 4.90 Å². The highest BCUT2D eigenvalue weighted by molar-refractivity contribution is 5.92. The number of hydrogen-bond donors (Lipinski definition) is 0. The van der Waals surface area contributed by atoms with Crippen molar-refractivity contribution in [3.63, 3.8) is 0 Å². The van der Waals surface area contributed by atoms with Crippen LogP contribution in [0.4, 0.5) is 0 Å². The molecule has 2 aromatic rings. The van der Waals surface area contributed by atoms with Crippen molar-refractivity contribution in [3.8, 4) is 11.5 Å². The number of hydrogen-bond acceptors (Lipinski definition) is 5. The second-order valence-corrected chi connectivity index (χ2v) is 9.35. The lowest BCUT2D eigenvalue weighted by molar-refractivity contribution is -0.132. The van der Waals surface area contributed by atoms with E-state index < -0.39 is 0 Å². The second kappa shape index (κ2) is 7.33. The Morgan fingerprint density at radius 2 is 1.80 bits per heavy atom. The highest BCUT2D eigenvalue weighted by atomic mass is 16.5. The summed E-state index contributed by atoms with van der Waals surface area (Å²) < 4.78 is 18.2. The fourth-order valence-electron chi connectivity index (χ4n) is 5.03. The van der Waals surface area contributed by atoms with Crippen LogP contribution in [-0.4, -0.2) is 36.1 Å². The van der Waals surface area contributed by atoms with E-state index in [1.54, 1.807) is 0 Å². The van der Waals surface area contributed by atoms with Crippen LogP contribution in [0.15, 0.2) is 15.3 Å². The largest absolute Gasteiger partial charge is 0.487 e. The van der Waals surface area contributed by atoms with Gasteiger partial charge in [0.15, 0.2) is 6.61 Å². The normalized spacial score (nSPS) is 19.9. The smallest absolute Gasteiger partial charge is 0.339 e. The van der Waals surface area contributed by atoms with Gasteiger partial charge in [0.2, 0.25) is 0 Å². The molecule has 1 aliphatic carbocycles. The molecule has 0 atom stereocenters. The topological polar surface area (TPSA) is 69.0 Å². The Balaban J connectivity index is 1.62. The molecule has 1 amide bonds. The number of amides is 1. The molecule has 0 radical (unpaired) electrons. The first-order valence-electron chi connectivity index (χ1n) is 11.2. The lowest BCUT2D eigenvalue weighted by atomic mass is 9.87. The number of aryl methyl sites for hydroxylation is 2. The number of benzene rings is 1. The van der Waals surface area contributed by atoms with E-state index in [9.17, 15) is 9.59 Å². The summed E-state index contributed by atoms with van der Waals surface area (Å²) in [6.07, 6.45) is 7.34. The van der Waals surface area contributed by atoms with Gasteiger partial charge in [0.25, 0.3) is 5.91 Å². The van der Waals surface area contributed by atoms with Crippen molar-refractivity contribution in [1.29, 1.82) is 0 Å². The predicted octanol–water partition coefficient (Wildman–Crippen LogP) is 3.78. The van der Waals surface area contributed by atoms with Crippen LogP contribution in [0.25, 0.3) is 11.0 Å². The lowest BCUT2D eigenvalue weighted by Crippen LogP contribution is -2.33. The summed E-state index contributed by atoms with van der Waals surface area (Å²) in [5.74, 6) is 1.29. The van der Waals surface area contributed by atoms with Gasteiger partial charge in [0, 0.05) is 30.3 Å². The minimum Gasteiger partial charge on any atom is -0.487 e. The Hall–Kier alpha value is -2.50. The highest BCUT2D eigenvalue weighted by Gasteiger charge is 2.32. The Morgan fingerprint density at radius 1 is 1.07 bits per heavy atom. The molecule has 0 saturated carbocycles. The summed E-state index contributed by atoms with van der Waals surface area (Å²) in [6, 6.07) is 1.91. The molecule has 5 rings (SSSR count). The molecular formula is C24H29NO5. The third-order valence-corrected chi connectivity index (χ3v) is 6.69. The molecule has 30 heavy (non-hydrogen) atoms. The minimum atomic E-state index is -0.294. The third kappa shape index (κ3) is 3.36. The van der Waals surface area contributed by atoms with Crippen LogP contribution in [0.2, 0.25) is 0 Å². The van der Waals surface area contributed by atoms with Crippen molar-refractivity contribution in [2.24, 2.45) is 0 Å². The summed E-state index contributed by atoms with van der Waals surface area (Å²) in [5, 5.41) is 0.862. The van der Waals surface area contributed by atoms with Gasteiger partial charge in [-0.05, 0) is 70.8 Å². The van der Waals surface area contributed by atoms with E-state index in [4.69, 9.17) is 13.9 Å². The van der Waals surface area contributed by atoms with Crippen molar-refractivity contribution in [3.05, 3.63) is 33.2 Å². The van der Waals surface area contributed by atoms with Gasteiger partial charge >= 0.3 is 5.63 Å². The lowest BCUT2D eigenvalue weighted by Gasteiger charge is -2.33. The van der Waals surface area contributed by atoms with Crippen molar-refractivity contribution < 1.29 is 18.7 Å².